The van der Waals surface area contributed by atoms with Crippen LogP contribution in [-0.4, -0.2) is 27.6 Å². The third-order valence-electron chi connectivity index (χ3n) is 4.05. The minimum atomic E-state index is -3.79. The van der Waals surface area contributed by atoms with Gasteiger partial charge in [0.25, 0.3) is 10.0 Å². The van der Waals surface area contributed by atoms with Gasteiger partial charge in [-0.2, -0.15) is 0 Å². The normalized spacial score (nSPS) is 10.8. The predicted molar refractivity (Wildman–Crippen MR) is 113 cm³/mol. The molecule has 150 valence electrons. The highest BCUT2D eigenvalue weighted by molar-refractivity contribution is 7.93. The van der Waals surface area contributed by atoms with E-state index in [1.54, 1.807) is 68.3 Å². The summed E-state index contributed by atoms with van der Waals surface area (Å²) in [7, 11) is -0.675. The molecule has 3 aromatic rings. The van der Waals surface area contributed by atoms with Gasteiger partial charge in [0.15, 0.2) is 5.13 Å². The van der Waals surface area contributed by atoms with E-state index >= 15 is 0 Å². The van der Waals surface area contributed by atoms with Crippen LogP contribution in [0.1, 0.15) is 18.6 Å². The summed E-state index contributed by atoms with van der Waals surface area (Å²) in [6.07, 6.45) is 1.59. The van der Waals surface area contributed by atoms with Gasteiger partial charge in [0.2, 0.25) is 0 Å². The molecule has 0 aliphatic carbocycles. The second kappa shape index (κ2) is 9.07. The molecule has 2 aromatic carbocycles. The van der Waals surface area contributed by atoms with Crippen molar-refractivity contribution in [3.05, 3.63) is 65.2 Å². The molecule has 0 amide bonds. The predicted octanol–water partition coefficient (Wildman–Crippen LogP) is 4.50. The van der Waals surface area contributed by atoms with E-state index in [1.165, 1.54) is 15.6 Å². The summed E-state index contributed by atoms with van der Waals surface area (Å²) >= 11 is 1.27. The molecule has 8 heteroatoms. The van der Waals surface area contributed by atoms with Crippen molar-refractivity contribution in [1.82, 2.24) is 4.98 Å². The average molecular weight is 421 g/mol. The van der Waals surface area contributed by atoms with Crippen molar-refractivity contribution < 1.29 is 17.9 Å². The number of methoxy groups -OCH3 is 2. The number of aryl methyl sites for hydroxylation is 1. The van der Waals surface area contributed by atoms with Crippen LogP contribution >= 0.6 is 11.3 Å². The fourth-order valence-electron chi connectivity index (χ4n) is 2.57. The quantitative estimate of drug-likeness (QED) is 0.563. The van der Waals surface area contributed by atoms with E-state index in [-0.39, 0.29) is 18.9 Å². The first-order chi connectivity index (χ1) is 13.0. The van der Waals surface area contributed by atoms with Gasteiger partial charge in [-0.15, -0.1) is 11.3 Å². The van der Waals surface area contributed by atoms with Gasteiger partial charge in [-0.25, -0.2) is 17.7 Å². The Bertz CT molecular complexity index is 1000. The maximum Gasteiger partial charge on any atom is 0.266 e. The molecule has 28 heavy (non-hydrogen) atoms. The van der Waals surface area contributed by atoms with Gasteiger partial charge in [0.05, 0.1) is 25.7 Å². The zero-order valence-corrected chi connectivity index (χ0v) is 16.9. The van der Waals surface area contributed by atoms with E-state index in [1.807, 2.05) is 6.92 Å². The van der Waals surface area contributed by atoms with E-state index in [0.29, 0.717) is 22.2 Å². The maximum absolute atomic E-state index is 13.3. The van der Waals surface area contributed by atoms with Crippen LogP contribution in [0.3, 0.4) is 0 Å². The number of anilines is 1. The minimum Gasteiger partial charge on any atom is -0.497 e. The molecule has 0 saturated carbocycles. The van der Waals surface area contributed by atoms with Gasteiger partial charge in [-0.1, -0.05) is 25.1 Å². The molecule has 1 heterocycles. The molecule has 0 spiro atoms. The van der Waals surface area contributed by atoms with E-state index < -0.39 is 10.0 Å². The molecule has 0 unspecified atom stereocenters. The van der Waals surface area contributed by atoms with Crippen molar-refractivity contribution in [2.45, 2.75) is 25.8 Å². The topological polar surface area (TPSA) is 68.7 Å². The third-order valence-corrected chi connectivity index (χ3v) is 6.71. The van der Waals surface area contributed by atoms with Gasteiger partial charge in [-0.05, 0) is 31.2 Å². The average Bonchev–Trinajstić information content (AvgIpc) is 3.20. The number of aromatic nitrogens is 1. The Labute approximate surface area is 170 Å². The van der Waals surface area contributed by atoms with Crippen molar-refractivity contribution in [1.29, 1.82) is 0 Å². The number of benzene rings is 2. The summed E-state index contributed by atoms with van der Waals surface area (Å²) in [4.78, 5) is 4.43. The Morgan fingerprint density at radius 1 is 1.07 bits per heavy atom. The number of hydrogen-bond donors (Lipinski definition) is 0. The molecule has 0 bridgehead atoms. The largest absolute Gasteiger partial charge is 0.497 e. The molecule has 0 fully saturated rings. The molecule has 0 aliphatic rings. The number of hydrogen-bond acceptors (Lipinski definition) is 6. The lowest BCUT2D eigenvalue weighted by Crippen LogP contribution is -2.30. The van der Waals surface area contributed by atoms with Crippen LogP contribution in [0.2, 0.25) is 0 Å². The van der Waals surface area contributed by atoms with E-state index in [2.05, 4.69) is 4.98 Å². The second-order valence-corrected chi connectivity index (χ2v) is 8.55. The zero-order chi connectivity index (χ0) is 19.4. The molecule has 0 atom stereocenters. The summed E-state index contributed by atoms with van der Waals surface area (Å²) in [5.74, 6) is 1.19. The van der Waals surface area contributed by atoms with Gasteiger partial charge in [-0.3, -0.25) is 0 Å². The van der Waals surface area contributed by atoms with Gasteiger partial charge < -0.3 is 9.47 Å². The van der Waals surface area contributed by atoms with Crippen molar-refractivity contribution >= 4 is 26.5 Å². The van der Waals surface area contributed by atoms with Gasteiger partial charge in [0, 0.05) is 23.2 Å². The smallest absolute Gasteiger partial charge is 0.266 e. The lowest BCUT2D eigenvalue weighted by Gasteiger charge is -2.23. The molecular formula is C20H24N2O4S2. The van der Waals surface area contributed by atoms with Crippen molar-refractivity contribution in [3.63, 3.8) is 0 Å². The number of rotatable bonds is 7. The Hall–Kier alpha value is -2.58. The summed E-state index contributed by atoms with van der Waals surface area (Å²) in [6, 6.07) is 12.1. The van der Waals surface area contributed by atoms with Crippen LogP contribution < -0.4 is 13.8 Å². The number of thiazole rings is 1. The Morgan fingerprint density at radius 3 is 2.36 bits per heavy atom. The van der Waals surface area contributed by atoms with Crippen LogP contribution in [-0.2, 0) is 16.6 Å². The molecule has 0 aliphatic heterocycles. The lowest BCUT2D eigenvalue weighted by molar-refractivity contribution is 0.391. The summed E-state index contributed by atoms with van der Waals surface area (Å²) in [6.45, 7) is 2.01. The van der Waals surface area contributed by atoms with Crippen LogP contribution in [0.5, 0.6) is 11.5 Å². The van der Waals surface area contributed by atoms with Crippen molar-refractivity contribution in [2.24, 2.45) is 0 Å². The molecular weight excluding hydrogens is 396 g/mol. The Morgan fingerprint density at radius 2 is 1.79 bits per heavy atom. The van der Waals surface area contributed by atoms with E-state index in [9.17, 15) is 8.42 Å². The van der Waals surface area contributed by atoms with Crippen LogP contribution in [0.25, 0.3) is 0 Å². The third kappa shape index (κ3) is 4.45. The Kier molecular flexibility index (Phi) is 7.04. The van der Waals surface area contributed by atoms with Crippen molar-refractivity contribution in [3.8, 4) is 11.5 Å². The Balaban J connectivity index is 0.00000280. The highest BCUT2D eigenvalue weighted by atomic mass is 32.2. The van der Waals surface area contributed by atoms with Gasteiger partial charge in [0.1, 0.15) is 11.5 Å². The second-order valence-electron chi connectivity index (χ2n) is 5.82. The number of ether oxygens (including phenoxy) is 2. The molecule has 0 saturated heterocycles. The van der Waals surface area contributed by atoms with Crippen LogP contribution in [0.15, 0.2) is 58.9 Å². The molecule has 6 nitrogen and oxygen atoms in total. The van der Waals surface area contributed by atoms with E-state index in [0.717, 1.165) is 5.56 Å². The lowest BCUT2D eigenvalue weighted by atomic mass is 10.2. The van der Waals surface area contributed by atoms with Gasteiger partial charge >= 0.3 is 0 Å². The molecule has 0 radical (unpaired) electrons. The van der Waals surface area contributed by atoms with Crippen molar-refractivity contribution in [2.75, 3.05) is 18.5 Å². The SMILES string of the molecule is C.COc1ccc(CN(c2nccs2)S(=O)(=O)c2ccc(C)cc2)c(OC)c1. The molecule has 1 aromatic heterocycles. The summed E-state index contributed by atoms with van der Waals surface area (Å²) < 4.78 is 38.5. The summed E-state index contributed by atoms with van der Waals surface area (Å²) in [5.41, 5.74) is 1.70. The highest BCUT2D eigenvalue weighted by Gasteiger charge is 2.28. The maximum atomic E-state index is 13.3. The monoisotopic (exact) mass is 420 g/mol. The number of sulfonamides is 1. The minimum absolute atomic E-state index is 0. The summed E-state index contributed by atoms with van der Waals surface area (Å²) in [5, 5.41) is 2.14. The fraction of sp³-hybridized carbons (Fsp3) is 0.250. The molecule has 3 rings (SSSR count). The van der Waals surface area contributed by atoms with E-state index in [4.69, 9.17) is 9.47 Å². The zero-order valence-electron chi connectivity index (χ0n) is 15.2. The molecule has 0 N–H and O–H groups in total. The standard InChI is InChI=1S/C19H20N2O4S2.CH4/c1-14-4-8-17(9-5-14)27(22,23)21(19-20-10-11-26-19)13-15-6-7-16(24-2)12-18(15)25-3;/h4-12H,13H2,1-3H3;1H4. The first-order valence-electron chi connectivity index (χ1n) is 8.15. The first kappa shape index (κ1) is 21.7. The highest BCUT2D eigenvalue weighted by Crippen LogP contribution is 2.32. The fourth-order valence-corrected chi connectivity index (χ4v) is 4.84. The van der Waals surface area contributed by atoms with Crippen LogP contribution in [0.4, 0.5) is 5.13 Å². The number of nitrogens with zero attached hydrogens (tertiary/aromatic N) is 2. The van der Waals surface area contributed by atoms with Crippen LogP contribution in [0, 0.1) is 6.92 Å². The first-order valence-corrected chi connectivity index (χ1v) is 10.5.